The number of Topliss-reactive ketones (excluding diaryl/α,β-unsaturated/α-hetero) is 2. The zero-order chi connectivity index (χ0) is 84.6. The van der Waals surface area contributed by atoms with Crippen LogP contribution in [-0.4, -0.2) is 170 Å². The number of imidazole rings is 3. The molecule has 10 N–H and O–H groups in total. The number of fused-ring (bicyclic) bond motifs is 3. The molecule has 18 rings (SSSR count). The highest BCUT2D eigenvalue weighted by molar-refractivity contribution is 9.10. The van der Waals surface area contributed by atoms with E-state index in [-0.39, 0.29) is 64.4 Å². The fourth-order valence-corrected chi connectivity index (χ4v) is 17.2. The first-order chi connectivity index (χ1) is 58.6. The fraction of sp³-hybridized carbons (Fsp3) is 0.271. The molecule has 0 unspecified atom stereocenters. The third-order valence-corrected chi connectivity index (χ3v) is 24.4. The first-order valence-corrected chi connectivity index (χ1v) is 42.4. The first kappa shape index (κ1) is 86.6. The molecule has 3 atom stereocenters. The smallest absolute Gasteiger partial charge is 0.494 e. The molecule has 0 spiro atoms. The summed E-state index contributed by atoms with van der Waals surface area (Å²) < 4.78 is 35.2. The number of nitrogen functional groups attached to an aromatic ring is 3. The lowest BCUT2D eigenvalue weighted by Crippen LogP contribution is -2.41. The van der Waals surface area contributed by atoms with Gasteiger partial charge in [0, 0.05) is 94.2 Å². The molecule has 31 nitrogen and oxygen atoms in total. The van der Waals surface area contributed by atoms with Crippen molar-refractivity contribution in [1.82, 2.24) is 73.2 Å². The van der Waals surface area contributed by atoms with Crippen molar-refractivity contribution in [2.45, 2.75) is 95.5 Å². The molecule has 0 radical (unpaired) electrons. The number of ether oxygens (including phenoxy) is 3. The molecule has 5 aromatic carbocycles. The Morgan fingerprint density at radius 3 is 1.33 bits per heavy atom. The van der Waals surface area contributed by atoms with E-state index in [4.69, 9.17) is 50.7 Å². The van der Waals surface area contributed by atoms with Gasteiger partial charge in [-0.05, 0) is 144 Å². The molecule has 0 bridgehead atoms. The number of thiazole rings is 3. The van der Waals surface area contributed by atoms with E-state index in [9.17, 15) is 24.0 Å². The molecule has 628 valence electrons. The number of anilines is 6. The Hall–Kier alpha value is -11.8. The number of nitrogens with one attached hydrogen (secondary N) is 4. The van der Waals surface area contributed by atoms with Gasteiger partial charge in [-0.3, -0.25) is 62.9 Å². The van der Waals surface area contributed by atoms with Gasteiger partial charge >= 0.3 is 7.12 Å². The van der Waals surface area contributed by atoms with Crippen LogP contribution in [0.25, 0.3) is 39.1 Å². The van der Waals surface area contributed by atoms with Crippen molar-refractivity contribution in [3.8, 4) is 39.8 Å². The third kappa shape index (κ3) is 18.7. The topological polar surface area (TPSA) is 393 Å². The summed E-state index contributed by atoms with van der Waals surface area (Å²) in [4.78, 5) is 108. The van der Waals surface area contributed by atoms with Crippen molar-refractivity contribution in [2.75, 3.05) is 87.2 Å². The highest BCUT2D eigenvalue weighted by Crippen LogP contribution is 2.42. The Bertz CT molecular complexity index is 6060. The van der Waals surface area contributed by atoms with Crippen LogP contribution in [0.3, 0.4) is 0 Å². The lowest BCUT2D eigenvalue weighted by Gasteiger charge is -2.32. The van der Waals surface area contributed by atoms with Gasteiger partial charge in [-0.1, -0.05) is 78.9 Å². The summed E-state index contributed by atoms with van der Waals surface area (Å²) in [6.45, 7) is 11.3. The van der Waals surface area contributed by atoms with Gasteiger partial charge in [0.2, 0.25) is 0 Å². The van der Waals surface area contributed by atoms with Crippen molar-refractivity contribution in [1.29, 1.82) is 0 Å². The number of hydrogen-bond acceptors (Lipinski definition) is 28. The van der Waals surface area contributed by atoms with Gasteiger partial charge in [0.25, 0.3) is 17.7 Å². The van der Waals surface area contributed by atoms with Crippen LogP contribution in [0.5, 0.6) is 17.2 Å². The number of aromatic nitrogens is 12. The van der Waals surface area contributed by atoms with E-state index in [1.807, 2.05) is 138 Å². The quantitative estimate of drug-likeness (QED) is 0.0259. The van der Waals surface area contributed by atoms with Crippen molar-refractivity contribution in [3.63, 3.8) is 0 Å². The number of rotatable bonds is 21. The van der Waals surface area contributed by atoms with Gasteiger partial charge < -0.3 is 46.0 Å². The summed E-state index contributed by atoms with van der Waals surface area (Å²) in [5.74, 6) is 4.40. The molecule has 9 aromatic heterocycles. The summed E-state index contributed by atoms with van der Waals surface area (Å²) in [7, 11) is 4.08. The van der Waals surface area contributed by atoms with Crippen molar-refractivity contribution in [2.24, 2.45) is 0 Å². The average molecular weight is 1830 g/mol. The summed E-state index contributed by atoms with van der Waals surface area (Å²) in [5.41, 5.74) is 26.3. The molecule has 0 aliphatic carbocycles. The van der Waals surface area contributed by atoms with Gasteiger partial charge in [0.05, 0.1) is 80.4 Å². The molecule has 3 amide bonds. The molecule has 4 aliphatic rings. The largest absolute Gasteiger partial charge is 0.496 e. The normalized spacial score (nSPS) is 16.5. The van der Waals surface area contributed by atoms with Gasteiger partial charge in [-0.25, -0.2) is 44.9 Å². The highest BCUT2D eigenvalue weighted by Gasteiger charge is 2.52. The van der Waals surface area contributed by atoms with E-state index in [1.165, 1.54) is 55.3 Å². The second-order valence-corrected chi connectivity index (χ2v) is 33.2. The second-order valence-electron chi connectivity index (χ2n) is 29.7. The number of amides is 3. The molecule has 0 saturated carbocycles. The monoisotopic (exact) mass is 1830 g/mol. The van der Waals surface area contributed by atoms with Crippen LogP contribution >= 0.6 is 66.9 Å². The second kappa shape index (κ2) is 38.1. The zero-order valence-electron chi connectivity index (χ0n) is 67.6. The number of likely N-dealkylation sites (tertiary alicyclic amines) is 2. The van der Waals surface area contributed by atoms with E-state index in [2.05, 4.69) is 81.9 Å². The van der Waals surface area contributed by atoms with Crippen LogP contribution in [0.4, 0.5) is 32.8 Å². The van der Waals surface area contributed by atoms with Gasteiger partial charge in [-0.2, -0.15) is 0 Å². The van der Waals surface area contributed by atoms with Crippen LogP contribution in [0, 0.1) is 0 Å². The highest BCUT2D eigenvalue weighted by atomic mass is 79.9. The molecule has 4 saturated heterocycles. The number of carbonyl (C=O) groups is 5. The summed E-state index contributed by atoms with van der Waals surface area (Å²) >= 11 is 7.54. The van der Waals surface area contributed by atoms with E-state index >= 15 is 0 Å². The maximum Gasteiger partial charge on any atom is 0.494 e. The molecular formula is C85H88BBr2N21O10S3. The standard InChI is InChI=1S/C29H27N7O3S.C21H21N7O2S.C18H18BrN5O.C17H21BN2O4S.BrH/c1-39-23-16-19(9-10-20(23)28(38)34-29-32-12-15-40-29)24-25-26(30)31-11-14-36(25)27(33-24)21-8-5-13-35(21)17-22(37)18-6-3-2-4-7-18;1-30-15-11-12(4-5-13(15)20(29)27-21-25-8-10-31-21)16-17-18(22)24-7-9-28(17)19(26-16)14-3-2-6-23-14;19-16-15-17(20)21-8-10-24(15)18(22-16)13-7-4-9-23(13)11-14(25)12-5-2-1-3-6-12;1-16(2)17(3,4)24-18(23-16)11-6-7-12(13(10-11)22-5)14(21)20-15-19-8-9-25-15;/h2-4,6-7,9-12,14-16,21H,5,8,13,17H2,1H3,(H2,30,31)(H,32,34,38);4-5,7-11,14,23H,2-3,6H2,1H3,(H2,22,24)(H,25,27,29);1-3,5-6,8,10,13H,4,7,9,11H2,(H2,20,21);6-10H,1-5H3,(H,19,20,21);1H/t21-;14-;13-;;/m000../s1. The maximum atomic E-state index is 13.0. The Labute approximate surface area is 733 Å². The number of nitrogens with two attached hydrogens (primary N) is 3. The Balaban J connectivity index is 0.000000135. The van der Waals surface area contributed by atoms with E-state index in [0.29, 0.717) is 107 Å². The maximum absolute atomic E-state index is 13.0. The number of carbonyl (C=O) groups excluding carboxylic acids is 5. The Kier molecular flexibility index (Phi) is 27.1. The van der Waals surface area contributed by atoms with E-state index in [0.717, 1.165) is 109 Å². The lowest BCUT2D eigenvalue weighted by atomic mass is 9.78. The summed E-state index contributed by atoms with van der Waals surface area (Å²) in [5, 5.41) is 18.8. The van der Waals surface area contributed by atoms with Crippen LogP contribution in [0.1, 0.15) is 154 Å². The Morgan fingerprint density at radius 1 is 0.508 bits per heavy atom. The van der Waals surface area contributed by atoms with Crippen LogP contribution in [0.2, 0.25) is 0 Å². The molecule has 4 aliphatic heterocycles. The van der Waals surface area contributed by atoms with Crippen LogP contribution in [-0.2, 0) is 9.31 Å². The number of methoxy groups -OCH3 is 3. The van der Waals surface area contributed by atoms with Gasteiger partial charge in [0.15, 0.2) is 32.8 Å². The minimum Gasteiger partial charge on any atom is -0.496 e. The number of nitrogens with zero attached hydrogens (tertiary/aromatic N) is 14. The van der Waals surface area contributed by atoms with Crippen LogP contribution in [0.15, 0.2) is 192 Å². The zero-order valence-corrected chi connectivity index (χ0v) is 73.3. The number of ketones is 2. The number of benzene rings is 5. The van der Waals surface area contributed by atoms with Crippen molar-refractivity contribution >= 4 is 158 Å². The van der Waals surface area contributed by atoms with Gasteiger partial charge in [0.1, 0.15) is 78.9 Å². The van der Waals surface area contributed by atoms with Gasteiger partial charge in [-0.15, -0.1) is 51.0 Å². The Morgan fingerprint density at radius 2 is 0.910 bits per heavy atom. The number of hydrogen-bond donors (Lipinski definition) is 7. The predicted octanol–water partition coefficient (Wildman–Crippen LogP) is 14.2. The number of halogens is 2. The van der Waals surface area contributed by atoms with E-state index < -0.39 is 18.3 Å². The molecule has 14 aromatic rings. The third-order valence-electron chi connectivity index (χ3n) is 21.8. The predicted molar refractivity (Wildman–Crippen MR) is 482 cm³/mol. The van der Waals surface area contributed by atoms with Crippen molar-refractivity contribution < 1.29 is 47.5 Å². The molecule has 4 fully saturated rings. The fourth-order valence-electron chi connectivity index (χ4n) is 15.1. The van der Waals surface area contributed by atoms with E-state index in [1.54, 1.807) is 89.7 Å². The average Bonchev–Trinajstić information content (AvgIpc) is 1.56. The minimum absolute atomic E-state index is 0. The SMILES string of the molecule is Br.COc1cc(-c2nc([C@@H]3CCCN3)n3ccnc(N)c23)ccc1C(=O)Nc1nccs1.COc1cc(-c2nc([C@@H]3CCCN3CC(=O)c3ccccc3)n3ccnc(N)c23)ccc1C(=O)Nc1nccs1.COc1cc(B2OC(C)(C)C(C)(C)O2)ccc1C(=O)Nc1nccs1.Nc1nccn2c([C@@H]3CCCN3CC(=O)c3ccccc3)nc(Br)c12. The molecular weight excluding hydrogens is 1740 g/mol. The van der Waals surface area contributed by atoms with Crippen molar-refractivity contribution in [3.05, 3.63) is 237 Å². The minimum atomic E-state index is -0.505. The lowest BCUT2D eigenvalue weighted by molar-refractivity contribution is 0.00578. The summed E-state index contributed by atoms with van der Waals surface area (Å²) in [6.07, 6.45) is 21.4. The summed E-state index contributed by atoms with van der Waals surface area (Å²) in [6, 6.07) is 34.9. The first-order valence-electron chi connectivity index (χ1n) is 39.0. The molecule has 13 heterocycles. The van der Waals surface area contributed by atoms with Crippen LogP contribution < -0.4 is 58.1 Å². The molecule has 122 heavy (non-hydrogen) atoms. The molecule has 37 heteroatoms.